The van der Waals surface area contributed by atoms with E-state index in [2.05, 4.69) is 13.8 Å². The number of unbranched alkanes of at least 4 members (excludes halogenated alkanes) is 10. The van der Waals surface area contributed by atoms with Gasteiger partial charge >= 0.3 is 0 Å². The molecule has 2 N–H and O–H groups in total. The van der Waals surface area contributed by atoms with E-state index in [9.17, 15) is 18.1 Å². The molecule has 0 radical (unpaired) electrons. The number of aromatic hydroxyl groups is 1. The normalized spacial score (nSPS) is 11.9. The minimum absolute atomic E-state index is 0.233. The van der Waals surface area contributed by atoms with Gasteiger partial charge in [-0.3, -0.25) is 4.55 Å². The van der Waals surface area contributed by atoms with Crippen LogP contribution in [0.2, 0.25) is 0 Å². The van der Waals surface area contributed by atoms with Gasteiger partial charge in [0.05, 0.1) is 0 Å². The predicted molar refractivity (Wildman–Crippen MR) is 127 cm³/mol. The van der Waals surface area contributed by atoms with Gasteiger partial charge in [0.15, 0.2) is 0 Å². The van der Waals surface area contributed by atoms with Gasteiger partial charge in [-0.1, -0.05) is 91.0 Å². The van der Waals surface area contributed by atoms with E-state index in [1.54, 1.807) is 0 Å². The summed E-state index contributed by atoms with van der Waals surface area (Å²) in [7, 11) is -4.15. The summed E-state index contributed by atoms with van der Waals surface area (Å²) in [5.41, 5.74) is 3.24. The summed E-state index contributed by atoms with van der Waals surface area (Å²) in [6.45, 7) is 6.41. The average molecular weight is 441 g/mol. The van der Waals surface area contributed by atoms with Crippen LogP contribution >= 0.6 is 0 Å². The Kier molecular flexibility index (Phi) is 13.3. The zero-order valence-electron chi connectivity index (χ0n) is 19.5. The third-order valence-electron chi connectivity index (χ3n) is 5.98. The summed E-state index contributed by atoms with van der Waals surface area (Å²) >= 11 is 0. The number of rotatable bonds is 17. The third-order valence-corrected chi connectivity index (χ3v) is 6.63. The molecule has 0 aliphatic heterocycles. The van der Waals surface area contributed by atoms with Crippen LogP contribution in [0.4, 0.5) is 0 Å². The molecule has 0 unspecified atom stereocenters. The van der Waals surface area contributed by atoms with Gasteiger partial charge in [-0.25, -0.2) is 0 Å². The largest absolute Gasteiger partial charge is 0.507 e. The molecular formula is C25H44O4S. The first-order valence-electron chi connectivity index (χ1n) is 12.1. The zero-order chi connectivity index (χ0) is 22.4. The molecule has 0 saturated heterocycles. The lowest BCUT2D eigenvalue weighted by molar-refractivity contribution is 0.457. The van der Waals surface area contributed by atoms with E-state index >= 15 is 0 Å². The van der Waals surface area contributed by atoms with Crippen LogP contribution in [0.25, 0.3) is 0 Å². The predicted octanol–water partition coefficient (Wildman–Crippen LogP) is 7.15. The van der Waals surface area contributed by atoms with Crippen LogP contribution in [0.15, 0.2) is 6.07 Å². The summed E-state index contributed by atoms with van der Waals surface area (Å²) in [6, 6.07) is 1.96. The van der Waals surface area contributed by atoms with Crippen molar-refractivity contribution in [1.82, 2.24) is 0 Å². The molecule has 0 aromatic heterocycles. The fourth-order valence-corrected chi connectivity index (χ4v) is 4.92. The molecule has 0 atom stereocenters. The van der Waals surface area contributed by atoms with Gasteiger partial charge in [-0.15, -0.1) is 0 Å². The molecule has 1 aromatic rings. The van der Waals surface area contributed by atoms with Crippen LogP contribution in [-0.2, 0) is 35.1 Å². The Morgan fingerprint density at radius 1 is 0.700 bits per heavy atom. The second-order valence-electron chi connectivity index (χ2n) is 8.62. The van der Waals surface area contributed by atoms with Crippen molar-refractivity contribution in [3.8, 4) is 5.75 Å². The standard InChI is InChI=1S/C25H44O4S/c1-4-7-9-11-13-15-17-22-19-21(6-3)25(26)23(24(22)20-30(27,28)29)18-16-14-12-10-8-5-2/h19,26H,4-18,20H2,1-3H3,(H,27,28,29). The number of benzene rings is 1. The lowest BCUT2D eigenvalue weighted by atomic mass is 9.90. The van der Waals surface area contributed by atoms with Crippen LogP contribution in [0.5, 0.6) is 5.75 Å². The molecule has 0 spiro atoms. The first-order chi connectivity index (χ1) is 14.3. The van der Waals surface area contributed by atoms with Crippen LogP contribution in [0.3, 0.4) is 0 Å². The van der Waals surface area contributed by atoms with Crippen molar-refractivity contribution in [3.05, 3.63) is 28.3 Å². The van der Waals surface area contributed by atoms with Gasteiger partial charge in [0.1, 0.15) is 11.5 Å². The van der Waals surface area contributed by atoms with Crippen LogP contribution < -0.4 is 0 Å². The van der Waals surface area contributed by atoms with Crippen LogP contribution in [0.1, 0.15) is 120 Å². The maximum atomic E-state index is 11.7. The van der Waals surface area contributed by atoms with E-state index in [0.29, 0.717) is 18.4 Å². The molecule has 30 heavy (non-hydrogen) atoms. The molecular weight excluding hydrogens is 396 g/mol. The average Bonchev–Trinajstić information content (AvgIpc) is 2.69. The van der Waals surface area contributed by atoms with Crippen LogP contribution in [-0.4, -0.2) is 18.1 Å². The highest BCUT2D eigenvalue weighted by molar-refractivity contribution is 7.85. The van der Waals surface area contributed by atoms with Crippen molar-refractivity contribution in [2.24, 2.45) is 0 Å². The quantitative estimate of drug-likeness (QED) is 0.199. The zero-order valence-corrected chi connectivity index (χ0v) is 20.3. The minimum Gasteiger partial charge on any atom is -0.507 e. The smallest absolute Gasteiger partial charge is 0.269 e. The molecule has 1 rings (SSSR count). The minimum atomic E-state index is -4.15. The van der Waals surface area contributed by atoms with Crippen molar-refractivity contribution in [3.63, 3.8) is 0 Å². The monoisotopic (exact) mass is 440 g/mol. The molecule has 4 nitrogen and oxygen atoms in total. The summed E-state index contributed by atoms with van der Waals surface area (Å²) in [4.78, 5) is 0. The Bertz CT molecular complexity index is 710. The molecule has 0 saturated carbocycles. The highest BCUT2D eigenvalue weighted by Crippen LogP contribution is 2.33. The van der Waals surface area contributed by atoms with Gasteiger partial charge in [0.2, 0.25) is 0 Å². The second kappa shape index (κ2) is 14.9. The maximum Gasteiger partial charge on any atom is 0.269 e. The number of phenols is 1. The fourth-order valence-electron chi connectivity index (χ4n) is 4.20. The first kappa shape index (κ1) is 27.0. The van der Waals surface area contributed by atoms with E-state index in [4.69, 9.17) is 0 Å². The highest BCUT2D eigenvalue weighted by Gasteiger charge is 2.20. The molecule has 0 bridgehead atoms. The van der Waals surface area contributed by atoms with Crippen molar-refractivity contribution < 1.29 is 18.1 Å². The van der Waals surface area contributed by atoms with Gasteiger partial charge in [0, 0.05) is 0 Å². The Labute approximate surface area is 185 Å². The SMILES string of the molecule is CCCCCCCCc1cc(CC)c(O)c(CCCCCCCC)c1CS(=O)(=O)O. The van der Waals surface area contributed by atoms with E-state index in [1.807, 2.05) is 13.0 Å². The molecule has 0 fully saturated rings. The number of phenolic OH excluding ortho intramolecular Hbond substituents is 1. The lowest BCUT2D eigenvalue weighted by Crippen LogP contribution is -2.10. The second-order valence-corrected chi connectivity index (χ2v) is 10.1. The third kappa shape index (κ3) is 10.3. The van der Waals surface area contributed by atoms with E-state index in [0.717, 1.165) is 48.8 Å². The summed E-state index contributed by atoms with van der Waals surface area (Å²) in [6.07, 6.45) is 16.1. The number of aryl methyl sites for hydroxylation is 2. The van der Waals surface area contributed by atoms with Gasteiger partial charge in [-0.2, -0.15) is 8.42 Å². The Morgan fingerprint density at radius 3 is 1.70 bits per heavy atom. The first-order valence-corrected chi connectivity index (χ1v) is 13.8. The van der Waals surface area contributed by atoms with Crippen molar-refractivity contribution in [1.29, 1.82) is 0 Å². The molecule has 1 aromatic carbocycles. The molecule has 5 heteroatoms. The van der Waals surface area contributed by atoms with Crippen LogP contribution in [0, 0.1) is 0 Å². The Morgan fingerprint density at radius 2 is 1.20 bits per heavy atom. The van der Waals surface area contributed by atoms with Crippen molar-refractivity contribution in [2.75, 3.05) is 0 Å². The summed E-state index contributed by atoms with van der Waals surface area (Å²) < 4.78 is 33.0. The Balaban J connectivity index is 3.00. The van der Waals surface area contributed by atoms with Crippen molar-refractivity contribution >= 4 is 10.1 Å². The van der Waals surface area contributed by atoms with E-state index in [1.165, 1.54) is 51.4 Å². The molecule has 0 amide bonds. The Hall–Kier alpha value is -1.07. The van der Waals surface area contributed by atoms with Crippen molar-refractivity contribution in [2.45, 2.75) is 123 Å². The summed E-state index contributed by atoms with van der Waals surface area (Å²) in [5, 5.41) is 10.8. The van der Waals surface area contributed by atoms with E-state index in [-0.39, 0.29) is 5.75 Å². The summed E-state index contributed by atoms with van der Waals surface area (Å²) in [5.74, 6) is -0.169. The van der Waals surface area contributed by atoms with E-state index < -0.39 is 15.9 Å². The maximum absolute atomic E-state index is 11.7. The molecule has 0 heterocycles. The molecule has 174 valence electrons. The van der Waals surface area contributed by atoms with Gasteiger partial charge in [-0.05, 0) is 54.4 Å². The van der Waals surface area contributed by atoms with Gasteiger partial charge in [0.25, 0.3) is 10.1 Å². The fraction of sp³-hybridized carbons (Fsp3) is 0.760. The number of hydrogen-bond donors (Lipinski definition) is 2. The molecule has 0 aliphatic carbocycles. The lowest BCUT2D eigenvalue weighted by Gasteiger charge is -2.19. The topological polar surface area (TPSA) is 74.6 Å². The molecule has 0 aliphatic rings. The van der Waals surface area contributed by atoms with Gasteiger partial charge < -0.3 is 5.11 Å². The number of hydrogen-bond acceptors (Lipinski definition) is 3. The highest BCUT2D eigenvalue weighted by atomic mass is 32.2.